The lowest BCUT2D eigenvalue weighted by Crippen LogP contribution is -2.06. The SMILES string of the molecule is Cc1ccc(C)c(O[C@@H](C)c2nc3ccc(F)cc3[nH]2)c1. The summed E-state index contributed by atoms with van der Waals surface area (Å²) in [7, 11) is 0. The Balaban J connectivity index is 1.89. The number of H-pyrrole nitrogens is 1. The normalized spacial score (nSPS) is 12.6. The molecule has 3 aromatic rings. The Kier molecular flexibility index (Phi) is 3.37. The Hall–Kier alpha value is -2.36. The van der Waals surface area contributed by atoms with E-state index in [-0.39, 0.29) is 11.9 Å². The molecule has 3 rings (SSSR count). The van der Waals surface area contributed by atoms with Crippen molar-refractivity contribution in [2.75, 3.05) is 0 Å². The fourth-order valence-corrected chi connectivity index (χ4v) is 2.27. The first-order valence-corrected chi connectivity index (χ1v) is 6.92. The topological polar surface area (TPSA) is 37.9 Å². The number of nitrogens with zero attached hydrogens (tertiary/aromatic N) is 1. The van der Waals surface area contributed by atoms with Crippen LogP contribution in [0.4, 0.5) is 4.39 Å². The molecular weight excluding hydrogens is 267 g/mol. The number of aromatic amines is 1. The minimum atomic E-state index is -0.277. The smallest absolute Gasteiger partial charge is 0.153 e. The van der Waals surface area contributed by atoms with E-state index < -0.39 is 0 Å². The van der Waals surface area contributed by atoms with E-state index in [1.54, 1.807) is 6.07 Å². The Labute approximate surface area is 122 Å². The van der Waals surface area contributed by atoms with Crippen LogP contribution in [0.5, 0.6) is 5.75 Å². The Morgan fingerprint density at radius 1 is 1.14 bits per heavy atom. The maximum atomic E-state index is 13.2. The van der Waals surface area contributed by atoms with E-state index in [1.807, 2.05) is 32.9 Å². The Morgan fingerprint density at radius 3 is 2.76 bits per heavy atom. The van der Waals surface area contributed by atoms with E-state index in [0.29, 0.717) is 11.3 Å². The number of nitrogens with one attached hydrogen (secondary N) is 1. The van der Waals surface area contributed by atoms with Crippen molar-refractivity contribution in [1.82, 2.24) is 9.97 Å². The van der Waals surface area contributed by atoms with Crippen molar-refractivity contribution in [1.29, 1.82) is 0 Å². The van der Waals surface area contributed by atoms with E-state index in [4.69, 9.17) is 4.74 Å². The molecule has 2 aromatic carbocycles. The van der Waals surface area contributed by atoms with Crippen LogP contribution in [0.2, 0.25) is 0 Å². The number of aryl methyl sites for hydroxylation is 2. The quantitative estimate of drug-likeness (QED) is 0.771. The van der Waals surface area contributed by atoms with Crippen molar-refractivity contribution in [2.24, 2.45) is 0 Å². The van der Waals surface area contributed by atoms with E-state index in [0.717, 1.165) is 22.4 Å². The van der Waals surface area contributed by atoms with E-state index in [2.05, 4.69) is 16.0 Å². The Bertz CT molecular complexity index is 795. The van der Waals surface area contributed by atoms with Gasteiger partial charge in [-0.25, -0.2) is 9.37 Å². The number of hydrogen-bond acceptors (Lipinski definition) is 2. The summed E-state index contributed by atoms with van der Waals surface area (Å²) in [4.78, 5) is 7.57. The van der Waals surface area contributed by atoms with E-state index in [9.17, 15) is 4.39 Å². The zero-order valence-electron chi connectivity index (χ0n) is 12.3. The number of aromatic nitrogens is 2. The number of hydrogen-bond donors (Lipinski definition) is 1. The van der Waals surface area contributed by atoms with Crippen LogP contribution in [0.3, 0.4) is 0 Å². The molecule has 21 heavy (non-hydrogen) atoms. The number of benzene rings is 2. The van der Waals surface area contributed by atoms with Gasteiger partial charge in [0.2, 0.25) is 0 Å². The Morgan fingerprint density at radius 2 is 1.95 bits per heavy atom. The van der Waals surface area contributed by atoms with Crippen LogP contribution in [0, 0.1) is 19.7 Å². The largest absolute Gasteiger partial charge is 0.483 e. The van der Waals surface area contributed by atoms with Crippen LogP contribution in [0.25, 0.3) is 11.0 Å². The predicted molar refractivity (Wildman–Crippen MR) is 81.0 cm³/mol. The van der Waals surface area contributed by atoms with Gasteiger partial charge in [-0.2, -0.15) is 0 Å². The van der Waals surface area contributed by atoms with Crippen molar-refractivity contribution in [2.45, 2.75) is 26.9 Å². The summed E-state index contributed by atoms with van der Waals surface area (Å²) in [6.45, 7) is 5.96. The van der Waals surface area contributed by atoms with Gasteiger partial charge in [-0.15, -0.1) is 0 Å². The minimum absolute atomic E-state index is 0.235. The van der Waals surface area contributed by atoms with E-state index in [1.165, 1.54) is 12.1 Å². The number of rotatable bonds is 3. The molecule has 1 atom stereocenters. The molecule has 0 spiro atoms. The number of ether oxygens (including phenoxy) is 1. The van der Waals surface area contributed by atoms with Crippen LogP contribution in [0.15, 0.2) is 36.4 Å². The van der Waals surface area contributed by atoms with Gasteiger partial charge in [-0.3, -0.25) is 0 Å². The third kappa shape index (κ3) is 2.75. The monoisotopic (exact) mass is 284 g/mol. The van der Waals surface area contributed by atoms with Gasteiger partial charge >= 0.3 is 0 Å². The van der Waals surface area contributed by atoms with Crippen LogP contribution in [-0.4, -0.2) is 9.97 Å². The molecule has 0 saturated heterocycles. The fourth-order valence-electron chi connectivity index (χ4n) is 2.27. The molecule has 0 fully saturated rings. The summed E-state index contributed by atoms with van der Waals surface area (Å²) < 4.78 is 19.2. The molecule has 0 amide bonds. The zero-order chi connectivity index (χ0) is 15.0. The molecule has 3 nitrogen and oxygen atoms in total. The lowest BCUT2D eigenvalue weighted by Gasteiger charge is -2.15. The lowest BCUT2D eigenvalue weighted by molar-refractivity contribution is 0.216. The molecule has 1 aromatic heterocycles. The molecule has 4 heteroatoms. The van der Waals surface area contributed by atoms with Gasteiger partial charge in [0.1, 0.15) is 17.4 Å². The molecule has 1 N–H and O–H groups in total. The molecule has 108 valence electrons. The van der Waals surface area contributed by atoms with Gasteiger partial charge in [0, 0.05) is 0 Å². The highest BCUT2D eigenvalue weighted by Crippen LogP contribution is 2.26. The second-order valence-electron chi connectivity index (χ2n) is 5.31. The highest BCUT2D eigenvalue weighted by atomic mass is 19.1. The molecule has 0 aliphatic rings. The van der Waals surface area contributed by atoms with Crippen molar-refractivity contribution in [3.63, 3.8) is 0 Å². The van der Waals surface area contributed by atoms with Crippen LogP contribution in [0.1, 0.15) is 30.0 Å². The molecule has 0 saturated carbocycles. The first-order valence-electron chi connectivity index (χ1n) is 6.92. The first-order chi connectivity index (χ1) is 10.0. The molecular formula is C17H17FN2O. The van der Waals surface area contributed by atoms with Gasteiger partial charge in [0.05, 0.1) is 11.0 Å². The van der Waals surface area contributed by atoms with Crippen molar-refractivity contribution in [3.8, 4) is 5.75 Å². The summed E-state index contributed by atoms with van der Waals surface area (Å²) in [5.74, 6) is 1.26. The van der Waals surface area contributed by atoms with Gasteiger partial charge in [0.15, 0.2) is 6.10 Å². The standard InChI is InChI=1S/C17H17FN2O/c1-10-4-5-11(2)16(8-10)21-12(3)17-19-14-7-6-13(18)9-15(14)20-17/h4-9,12H,1-3H3,(H,19,20)/t12-/m0/s1. The van der Waals surface area contributed by atoms with Crippen LogP contribution < -0.4 is 4.74 Å². The van der Waals surface area contributed by atoms with Crippen molar-refractivity contribution < 1.29 is 9.13 Å². The maximum Gasteiger partial charge on any atom is 0.153 e. The predicted octanol–water partition coefficient (Wildman–Crippen LogP) is 4.46. The molecule has 0 aliphatic carbocycles. The number of imidazole rings is 1. The molecule has 1 heterocycles. The van der Waals surface area contributed by atoms with E-state index >= 15 is 0 Å². The van der Waals surface area contributed by atoms with Crippen LogP contribution in [-0.2, 0) is 0 Å². The fraction of sp³-hybridized carbons (Fsp3) is 0.235. The molecule has 0 bridgehead atoms. The third-order valence-electron chi connectivity index (χ3n) is 3.49. The zero-order valence-corrected chi connectivity index (χ0v) is 12.3. The summed E-state index contributed by atoms with van der Waals surface area (Å²) in [6, 6.07) is 10.6. The summed E-state index contributed by atoms with van der Waals surface area (Å²) in [5, 5.41) is 0. The average molecular weight is 284 g/mol. The van der Waals surface area contributed by atoms with Crippen molar-refractivity contribution in [3.05, 3.63) is 59.2 Å². The highest BCUT2D eigenvalue weighted by molar-refractivity contribution is 5.75. The van der Waals surface area contributed by atoms with Gasteiger partial charge in [-0.05, 0) is 56.2 Å². The highest BCUT2D eigenvalue weighted by Gasteiger charge is 2.14. The van der Waals surface area contributed by atoms with Gasteiger partial charge < -0.3 is 9.72 Å². The first kappa shape index (κ1) is 13.6. The van der Waals surface area contributed by atoms with Crippen molar-refractivity contribution >= 4 is 11.0 Å². The number of halogens is 1. The molecule has 0 radical (unpaired) electrons. The second-order valence-corrected chi connectivity index (χ2v) is 5.31. The van der Waals surface area contributed by atoms with Gasteiger partial charge in [0.25, 0.3) is 0 Å². The minimum Gasteiger partial charge on any atom is -0.483 e. The second kappa shape index (κ2) is 5.20. The molecule has 0 aliphatic heterocycles. The third-order valence-corrected chi connectivity index (χ3v) is 3.49. The average Bonchev–Trinajstić information content (AvgIpc) is 2.86. The summed E-state index contributed by atoms with van der Waals surface area (Å²) in [5.41, 5.74) is 3.65. The summed E-state index contributed by atoms with van der Waals surface area (Å²) in [6.07, 6.45) is -0.235. The van der Waals surface area contributed by atoms with Gasteiger partial charge in [-0.1, -0.05) is 12.1 Å². The van der Waals surface area contributed by atoms with Crippen LogP contribution >= 0.6 is 0 Å². The summed E-state index contributed by atoms with van der Waals surface area (Å²) >= 11 is 0. The molecule has 0 unspecified atom stereocenters. The lowest BCUT2D eigenvalue weighted by atomic mass is 10.1. The number of fused-ring (bicyclic) bond motifs is 1. The maximum absolute atomic E-state index is 13.2.